The molecule has 4 heteroatoms. The lowest BCUT2D eigenvalue weighted by atomic mass is 10.2. The molecule has 2 aromatic heterocycles. The molecule has 0 saturated heterocycles. The summed E-state index contributed by atoms with van der Waals surface area (Å²) in [5.74, 6) is 0.709. The summed E-state index contributed by atoms with van der Waals surface area (Å²) in [7, 11) is 0. The first-order valence-corrected chi connectivity index (χ1v) is 7.39. The molecule has 1 N–H and O–H groups in total. The highest BCUT2D eigenvalue weighted by molar-refractivity contribution is 5.85. The average Bonchev–Trinajstić information content (AvgIpc) is 2.61. The average molecular weight is 298 g/mol. The monoisotopic (exact) mass is 298 g/mol. The Kier molecular flexibility index (Phi) is 3.41. The molecule has 0 radical (unpaired) electrons. The zero-order chi connectivity index (χ0) is 15.5. The summed E-state index contributed by atoms with van der Waals surface area (Å²) in [5.41, 5.74) is 5.65. The van der Waals surface area contributed by atoms with Gasteiger partial charge >= 0.3 is 0 Å². The van der Waals surface area contributed by atoms with Crippen molar-refractivity contribution in [2.24, 2.45) is 5.10 Å². The fourth-order valence-corrected chi connectivity index (χ4v) is 2.45. The predicted molar refractivity (Wildman–Crippen MR) is 94.7 cm³/mol. The maximum absolute atomic E-state index is 4.55. The van der Waals surface area contributed by atoms with Crippen molar-refractivity contribution in [3.8, 4) is 0 Å². The minimum absolute atomic E-state index is 0.709. The van der Waals surface area contributed by atoms with Gasteiger partial charge in [-0.2, -0.15) is 5.10 Å². The van der Waals surface area contributed by atoms with Crippen molar-refractivity contribution in [1.82, 2.24) is 9.97 Å². The van der Waals surface area contributed by atoms with Crippen LogP contribution < -0.4 is 5.43 Å². The Balaban J connectivity index is 1.55. The van der Waals surface area contributed by atoms with Crippen LogP contribution in [-0.4, -0.2) is 16.2 Å². The van der Waals surface area contributed by atoms with Gasteiger partial charge in [0.2, 0.25) is 0 Å². The van der Waals surface area contributed by atoms with E-state index in [0.29, 0.717) is 5.82 Å². The Morgan fingerprint density at radius 3 is 2.13 bits per heavy atom. The van der Waals surface area contributed by atoms with E-state index in [1.165, 1.54) is 0 Å². The fraction of sp³-hybridized carbons (Fsp3) is 0. The van der Waals surface area contributed by atoms with Gasteiger partial charge in [-0.15, -0.1) is 0 Å². The number of hydrogen-bond acceptors (Lipinski definition) is 4. The Morgan fingerprint density at radius 1 is 0.696 bits per heavy atom. The second-order valence-electron chi connectivity index (χ2n) is 5.19. The van der Waals surface area contributed by atoms with Gasteiger partial charge in [-0.05, 0) is 30.3 Å². The van der Waals surface area contributed by atoms with Crippen LogP contribution in [0.1, 0.15) is 5.69 Å². The van der Waals surface area contributed by atoms with E-state index in [9.17, 15) is 0 Å². The van der Waals surface area contributed by atoms with Gasteiger partial charge in [0, 0.05) is 10.8 Å². The maximum Gasteiger partial charge on any atom is 0.146 e. The number of anilines is 1. The number of nitrogens with one attached hydrogen (secondary N) is 1. The predicted octanol–water partition coefficient (Wildman–Crippen LogP) is 4.23. The smallest absolute Gasteiger partial charge is 0.146 e. The van der Waals surface area contributed by atoms with Gasteiger partial charge in [-0.1, -0.05) is 42.5 Å². The van der Waals surface area contributed by atoms with Gasteiger partial charge in [0.15, 0.2) is 0 Å². The van der Waals surface area contributed by atoms with Crippen LogP contribution in [0.15, 0.2) is 77.9 Å². The van der Waals surface area contributed by atoms with Gasteiger partial charge in [0.05, 0.1) is 22.9 Å². The van der Waals surface area contributed by atoms with Crippen molar-refractivity contribution in [3.05, 3.63) is 78.5 Å². The van der Waals surface area contributed by atoms with Crippen LogP contribution in [0.3, 0.4) is 0 Å². The Labute approximate surface area is 133 Å². The van der Waals surface area contributed by atoms with E-state index in [-0.39, 0.29) is 0 Å². The van der Waals surface area contributed by atoms with E-state index in [1.807, 2.05) is 72.8 Å². The summed E-state index contributed by atoms with van der Waals surface area (Å²) in [5, 5.41) is 6.45. The molecule has 2 heterocycles. The Bertz CT molecular complexity index is 1010. The molecule has 0 unspecified atom stereocenters. The number of benzene rings is 2. The molecule has 2 aromatic carbocycles. The topological polar surface area (TPSA) is 50.2 Å². The molecule has 0 aliphatic carbocycles. The zero-order valence-corrected chi connectivity index (χ0v) is 12.3. The molecule has 0 bridgehead atoms. The number of fused-ring (bicyclic) bond motifs is 2. The summed E-state index contributed by atoms with van der Waals surface area (Å²) in [6.07, 6.45) is 1.70. The van der Waals surface area contributed by atoms with Crippen molar-refractivity contribution in [2.45, 2.75) is 0 Å². The quantitative estimate of drug-likeness (QED) is 0.455. The third-order valence-corrected chi connectivity index (χ3v) is 3.59. The lowest BCUT2D eigenvalue weighted by Gasteiger charge is -2.02. The number of para-hydroxylation sites is 2. The molecule has 0 atom stereocenters. The van der Waals surface area contributed by atoms with Crippen molar-refractivity contribution in [3.63, 3.8) is 0 Å². The Hall–Kier alpha value is -3.27. The van der Waals surface area contributed by atoms with Crippen molar-refractivity contribution < 1.29 is 0 Å². The lowest BCUT2D eigenvalue weighted by molar-refractivity contribution is 1.26. The van der Waals surface area contributed by atoms with E-state index in [1.54, 1.807) is 6.21 Å². The van der Waals surface area contributed by atoms with Crippen molar-refractivity contribution in [1.29, 1.82) is 0 Å². The molecule has 4 nitrogen and oxygen atoms in total. The highest BCUT2D eigenvalue weighted by Crippen LogP contribution is 2.14. The van der Waals surface area contributed by atoms with E-state index in [0.717, 1.165) is 27.5 Å². The van der Waals surface area contributed by atoms with E-state index in [4.69, 9.17) is 0 Å². The summed E-state index contributed by atoms with van der Waals surface area (Å²) >= 11 is 0. The van der Waals surface area contributed by atoms with Gasteiger partial charge < -0.3 is 0 Å². The summed E-state index contributed by atoms with van der Waals surface area (Å²) in [6, 6.07) is 23.9. The first kappa shape index (κ1) is 13.4. The normalized spacial score (nSPS) is 11.3. The highest BCUT2D eigenvalue weighted by atomic mass is 15.3. The molecule has 0 aliphatic rings. The van der Waals surface area contributed by atoms with Crippen LogP contribution in [0.25, 0.3) is 21.8 Å². The fourth-order valence-electron chi connectivity index (χ4n) is 2.45. The number of pyridine rings is 2. The van der Waals surface area contributed by atoms with E-state index < -0.39 is 0 Å². The lowest BCUT2D eigenvalue weighted by Crippen LogP contribution is -1.95. The zero-order valence-electron chi connectivity index (χ0n) is 12.3. The number of nitrogens with zero attached hydrogens (tertiary/aromatic N) is 3. The molecule has 0 saturated carbocycles. The summed E-state index contributed by atoms with van der Waals surface area (Å²) < 4.78 is 0. The minimum Gasteiger partial charge on any atom is -0.261 e. The second-order valence-corrected chi connectivity index (χ2v) is 5.19. The number of rotatable bonds is 3. The third kappa shape index (κ3) is 2.87. The first-order valence-electron chi connectivity index (χ1n) is 7.39. The molecule has 0 fully saturated rings. The number of hydrazone groups is 1. The molecule has 23 heavy (non-hydrogen) atoms. The number of hydrogen-bond donors (Lipinski definition) is 1. The van der Waals surface area contributed by atoms with Crippen LogP contribution >= 0.6 is 0 Å². The maximum atomic E-state index is 4.55. The standard InChI is InChI=1S/C19H14N4/c1-3-7-17-14(5-1)9-11-16(21-17)13-20-23-19-12-10-15-6-2-4-8-18(15)22-19/h1-13H,(H,22,23). The molecule has 110 valence electrons. The van der Waals surface area contributed by atoms with Crippen LogP contribution in [0.5, 0.6) is 0 Å². The van der Waals surface area contributed by atoms with Crippen molar-refractivity contribution in [2.75, 3.05) is 5.43 Å². The Morgan fingerprint density at radius 2 is 1.35 bits per heavy atom. The van der Waals surface area contributed by atoms with E-state index >= 15 is 0 Å². The molecule has 4 rings (SSSR count). The number of aromatic nitrogens is 2. The largest absolute Gasteiger partial charge is 0.261 e. The third-order valence-electron chi connectivity index (χ3n) is 3.59. The van der Waals surface area contributed by atoms with Gasteiger partial charge in [-0.3, -0.25) is 5.43 Å². The molecule has 0 aliphatic heterocycles. The minimum atomic E-state index is 0.709. The van der Waals surface area contributed by atoms with E-state index in [2.05, 4.69) is 20.5 Å². The van der Waals surface area contributed by atoms with Gasteiger partial charge in [0.25, 0.3) is 0 Å². The van der Waals surface area contributed by atoms with Crippen LogP contribution in [-0.2, 0) is 0 Å². The molecular weight excluding hydrogens is 284 g/mol. The van der Waals surface area contributed by atoms with Crippen LogP contribution in [0, 0.1) is 0 Å². The summed E-state index contributed by atoms with van der Waals surface area (Å²) in [4.78, 5) is 9.06. The molecular formula is C19H14N4. The molecule has 0 amide bonds. The van der Waals surface area contributed by atoms with Gasteiger partial charge in [-0.25, -0.2) is 9.97 Å². The van der Waals surface area contributed by atoms with Crippen LogP contribution in [0.2, 0.25) is 0 Å². The SMILES string of the molecule is C(=NNc1ccc2ccccc2n1)c1ccc2ccccc2n1. The van der Waals surface area contributed by atoms with Crippen molar-refractivity contribution >= 4 is 33.8 Å². The second kappa shape index (κ2) is 5.85. The van der Waals surface area contributed by atoms with Crippen LogP contribution in [0.4, 0.5) is 5.82 Å². The summed E-state index contributed by atoms with van der Waals surface area (Å²) in [6.45, 7) is 0. The first-order chi connectivity index (χ1) is 11.4. The molecule has 0 spiro atoms. The molecule has 4 aromatic rings. The van der Waals surface area contributed by atoms with Gasteiger partial charge in [0.1, 0.15) is 5.82 Å². The highest BCUT2D eigenvalue weighted by Gasteiger charge is 1.97.